The van der Waals surface area contributed by atoms with Crippen LogP contribution in [0.15, 0.2) is 0 Å². The number of rotatable bonds is 12. The molecule has 0 rings (SSSR count). The summed E-state index contributed by atoms with van der Waals surface area (Å²) in [5, 5.41) is 6.32. The molecule has 0 saturated heterocycles. The average molecular weight is 274 g/mol. The topological polar surface area (TPSA) is 76.7 Å². The molecule has 0 aliphatic rings. The van der Waals surface area contributed by atoms with Gasteiger partial charge in [-0.2, -0.15) is 0 Å². The molecule has 0 heterocycles. The number of ether oxygens (including phenoxy) is 2. The molecular weight excluding hydrogens is 248 g/mol. The Morgan fingerprint density at radius 1 is 0.789 bits per heavy atom. The molecule has 0 bridgehead atoms. The Labute approximate surface area is 115 Å². The Balaban J connectivity index is 3.15. The zero-order chi connectivity index (χ0) is 14.3. The van der Waals surface area contributed by atoms with E-state index in [0.717, 1.165) is 19.5 Å². The maximum absolute atomic E-state index is 11.0. The monoisotopic (exact) mass is 274 g/mol. The fraction of sp³-hybridized carbons (Fsp3) is 0.846. The van der Waals surface area contributed by atoms with Gasteiger partial charge in [0.05, 0.1) is 26.1 Å². The molecule has 0 aromatic rings. The van der Waals surface area contributed by atoms with Crippen molar-refractivity contribution in [2.75, 3.05) is 39.4 Å². The van der Waals surface area contributed by atoms with Gasteiger partial charge in [0.25, 0.3) is 0 Å². The molecule has 0 fully saturated rings. The highest BCUT2D eigenvalue weighted by atomic mass is 16.5. The van der Waals surface area contributed by atoms with Gasteiger partial charge in [-0.1, -0.05) is 0 Å². The smallest absolute Gasteiger partial charge is 0.307 e. The molecule has 0 aromatic carbocycles. The van der Waals surface area contributed by atoms with Crippen molar-refractivity contribution in [1.29, 1.82) is 0 Å². The third kappa shape index (κ3) is 13.1. The van der Waals surface area contributed by atoms with Crippen molar-refractivity contribution < 1.29 is 19.1 Å². The number of carbonyl (C=O) groups excluding carboxylic acids is 2. The van der Waals surface area contributed by atoms with Crippen LogP contribution in [0, 0.1) is 0 Å². The molecule has 0 spiro atoms. The predicted octanol–water partition coefficient (Wildman–Crippen LogP) is 0.462. The van der Waals surface area contributed by atoms with Crippen LogP contribution in [-0.4, -0.2) is 51.3 Å². The number of nitrogens with one attached hydrogen (secondary N) is 2. The SMILES string of the molecule is CCOC(=O)CCNCCCNCCC(=O)OCC. The summed E-state index contributed by atoms with van der Waals surface area (Å²) in [5.41, 5.74) is 0. The van der Waals surface area contributed by atoms with Crippen LogP contribution >= 0.6 is 0 Å². The summed E-state index contributed by atoms with van der Waals surface area (Å²) in [4.78, 5) is 22.0. The van der Waals surface area contributed by atoms with Crippen LogP contribution in [0.5, 0.6) is 0 Å². The predicted molar refractivity (Wildman–Crippen MR) is 72.9 cm³/mol. The van der Waals surface area contributed by atoms with Gasteiger partial charge in [0.1, 0.15) is 0 Å². The fourth-order valence-corrected chi connectivity index (χ4v) is 1.44. The van der Waals surface area contributed by atoms with Crippen molar-refractivity contribution >= 4 is 11.9 Å². The lowest BCUT2D eigenvalue weighted by atomic mass is 10.3. The molecule has 19 heavy (non-hydrogen) atoms. The van der Waals surface area contributed by atoms with E-state index in [9.17, 15) is 9.59 Å². The minimum Gasteiger partial charge on any atom is -0.466 e. The van der Waals surface area contributed by atoms with Gasteiger partial charge in [-0.05, 0) is 33.4 Å². The Morgan fingerprint density at radius 2 is 1.21 bits per heavy atom. The molecule has 6 heteroatoms. The molecule has 0 aliphatic carbocycles. The van der Waals surface area contributed by atoms with Crippen LogP contribution in [0.25, 0.3) is 0 Å². The maximum atomic E-state index is 11.0. The molecule has 0 saturated carbocycles. The van der Waals surface area contributed by atoms with Gasteiger partial charge in [-0.25, -0.2) is 0 Å². The second-order valence-corrected chi connectivity index (χ2v) is 3.96. The van der Waals surface area contributed by atoms with Crippen LogP contribution < -0.4 is 10.6 Å². The number of hydrogen-bond acceptors (Lipinski definition) is 6. The van der Waals surface area contributed by atoms with Crippen molar-refractivity contribution in [3.8, 4) is 0 Å². The summed E-state index contributed by atoms with van der Waals surface area (Å²) in [6.45, 7) is 7.42. The summed E-state index contributed by atoms with van der Waals surface area (Å²) >= 11 is 0. The Hall–Kier alpha value is -1.14. The highest BCUT2D eigenvalue weighted by Crippen LogP contribution is 1.86. The molecule has 0 radical (unpaired) electrons. The minimum atomic E-state index is -0.164. The second kappa shape index (κ2) is 13.3. The van der Waals surface area contributed by atoms with Crippen molar-refractivity contribution in [3.63, 3.8) is 0 Å². The maximum Gasteiger partial charge on any atom is 0.307 e. The summed E-state index contributed by atoms with van der Waals surface area (Å²) in [6.07, 6.45) is 1.76. The van der Waals surface area contributed by atoms with Crippen molar-refractivity contribution in [2.24, 2.45) is 0 Å². The molecule has 112 valence electrons. The molecule has 0 aromatic heterocycles. The molecule has 0 unspecified atom stereocenters. The number of esters is 2. The van der Waals surface area contributed by atoms with Gasteiger partial charge in [-0.15, -0.1) is 0 Å². The summed E-state index contributed by atoms with van der Waals surface area (Å²) < 4.78 is 9.62. The molecule has 6 nitrogen and oxygen atoms in total. The molecule has 0 amide bonds. The quantitative estimate of drug-likeness (QED) is 0.398. The van der Waals surface area contributed by atoms with E-state index in [1.165, 1.54) is 0 Å². The molecular formula is C13H26N2O4. The molecule has 0 aliphatic heterocycles. The van der Waals surface area contributed by atoms with E-state index in [1.807, 2.05) is 0 Å². The van der Waals surface area contributed by atoms with Crippen LogP contribution in [0.4, 0.5) is 0 Å². The van der Waals surface area contributed by atoms with Crippen LogP contribution in [0.3, 0.4) is 0 Å². The zero-order valence-electron chi connectivity index (χ0n) is 12.0. The third-order valence-electron chi connectivity index (χ3n) is 2.33. The van der Waals surface area contributed by atoms with Crippen molar-refractivity contribution in [2.45, 2.75) is 33.1 Å². The highest BCUT2D eigenvalue weighted by Gasteiger charge is 2.01. The van der Waals surface area contributed by atoms with Crippen LogP contribution in [0.1, 0.15) is 33.1 Å². The Kier molecular flexibility index (Phi) is 12.5. The van der Waals surface area contributed by atoms with E-state index in [4.69, 9.17) is 9.47 Å². The van der Waals surface area contributed by atoms with Gasteiger partial charge in [-0.3, -0.25) is 9.59 Å². The van der Waals surface area contributed by atoms with E-state index >= 15 is 0 Å². The van der Waals surface area contributed by atoms with Crippen LogP contribution in [-0.2, 0) is 19.1 Å². The molecule has 2 N–H and O–H groups in total. The van der Waals surface area contributed by atoms with E-state index in [-0.39, 0.29) is 11.9 Å². The number of carbonyl (C=O) groups is 2. The largest absolute Gasteiger partial charge is 0.466 e. The molecule has 0 atom stereocenters. The van der Waals surface area contributed by atoms with Crippen LogP contribution in [0.2, 0.25) is 0 Å². The third-order valence-corrected chi connectivity index (χ3v) is 2.33. The highest BCUT2D eigenvalue weighted by molar-refractivity contribution is 5.69. The first-order valence-electron chi connectivity index (χ1n) is 6.93. The Bertz CT molecular complexity index is 223. The van der Waals surface area contributed by atoms with Gasteiger partial charge < -0.3 is 20.1 Å². The first-order chi connectivity index (χ1) is 9.20. The Morgan fingerprint density at radius 3 is 1.58 bits per heavy atom. The second-order valence-electron chi connectivity index (χ2n) is 3.96. The van der Waals surface area contributed by atoms with Crippen molar-refractivity contribution in [1.82, 2.24) is 10.6 Å². The summed E-state index contributed by atoms with van der Waals surface area (Å²) in [5.74, 6) is -0.329. The van der Waals surface area contributed by atoms with E-state index in [0.29, 0.717) is 39.1 Å². The average Bonchev–Trinajstić information content (AvgIpc) is 2.37. The first kappa shape index (κ1) is 17.9. The van der Waals surface area contributed by atoms with Gasteiger partial charge in [0.15, 0.2) is 0 Å². The fourth-order valence-electron chi connectivity index (χ4n) is 1.44. The summed E-state index contributed by atoms with van der Waals surface area (Å²) in [7, 11) is 0. The number of hydrogen-bond donors (Lipinski definition) is 2. The van der Waals surface area contributed by atoms with Crippen molar-refractivity contribution in [3.05, 3.63) is 0 Å². The minimum absolute atomic E-state index is 0.164. The van der Waals surface area contributed by atoms with Gasteiger partial charge in [0, 0.05) is 13.1 Å². The van der Waals surface area contributed by atoms with E-state index in [2.05, 4.69) is 10.6 Å². The zero-order valence-corrected chi connectivity index (χ0v) is 12.0. The lowest BCUT2D eigenvalue weighted by Crippen LogP contribution is -2.25. The normalized spacial score (nSPS) is 10.2. The standard InChI is InChI=1S/C13H26N2O4/c1-3-18-12(16)6-10-14-8-5-9-15-11-7-13(17)19-4-2/h14-15H,3-11H2,1-2H3. The summed E-state index contributed by atoms with van der Waals surface area (Å²) in [6, 6.07) is 0. The van der Waals surface area contributed by atoms with Gasteiger partial charge >= 0.3 is 11.9 Å². The lowest BCUT2D eigenvalue weighted by molar-refractivity contribution is -0.143. The van der Waals surface area contributed by atoms with Gasteiger partial charge in [0.2, 0.25) is 0 Å². The first-order valence-corrected chi connectivity index (χ1v) is 6.93. The van der Waals surface area contributed by atoms with E-state index in [1.54, 1.807) is 13.8 Å². The lowest BCUT2D eigenvalue weighted by Gasteiger charge is -2.06. The van der Waals surface area contributed by atoms with E-state index < -0.39 is 0 Å².